The maximum absolute atomic E-state index is 11.8. The number of hydrogen-bond acceptors (Lipinski definition) is 5. The molecule has 2 unspecified atom stereocenters. The van der Waals surface area contributed by atoms with Crippen LogP contribution in [-0.4, -0.2) is 42.6 Å². The first-order valence-corrected chi connectivity index (χ1v) is 11.4. The number of methoxy groups -OCH3 is 1. The second kappa shape index (κ2) is 9.53. The highest BCUT2D eigenvalue weighted by Gasteiger charge is 2.23. The van der Waals surface area contributed by atoms with E-state index in [-0.39, 0.29) is 6.10 Å². The summed E-state index contributed by atoms with van der Waals surface area (Å²) in [6.45, 7) is 7.43. The first kappa shape index (κ1) is 20.9. The summed E-state index contributed by atoms with van der Waals surface area (Å²) in [5, 5.41) is 3.38. The Kier molecular flexibility index (Phi) is 7.68. The summed E-state index contributed by atoms with van der Waals surface area (Å²) in [5.41, 5.74) is 3.08. The smallest absolute Gasteiger partial charge is 0.103 e. The van der Waals surface area contributed by atoms with Crippen molar-refractivity contribution >= 4 is 15.4 Å². The molecule has 0 aliphatic heterocycles. The van der Waals surface area contributed by atoms with E-state index in [2.05, 4.69) is 16.3 Å². The van der Waals surface area contributed by atoms with Crippen LogP contribution in [-0.2, 0) is 25.7 Å². The summed E-state index contributed by atoms with van der Waals surface area (Å²) in [6.07, 6.45) is 8.08. The Morgan fingerprint density at radius 3 is 2.73 bits per heavy atom. The molecule has 0 bridgehead atoms. The van der Waals surface area contributed by atoms with Crippen molar-refractivity contribution in [1.82, 2.24) is 5.32 Å². The van der Waals surface area contributed by atoms with Crippen molar-refractivity contribution in [2.24, 2.45) is 4.36 Å². The lowest BCUT2D eigenvalue weighted by molar-refractivity contribution is -0.00457. The summed E-state index contributed by atoms with van der Waals surface area (Å²) >= 11 is 0. The van der Waals surface area contributed by atoms with Crippen molar-refractivity contribution in [2.45, 2.75) is 51.4 Å². The van der Waals surface area contributed by atoms with Gasteiger partial charge in [0.15, 0.2) is 0 Å². The first-order valence-electron chi connectivity index (χ1n) is 9.11. The third-order valence-corrected chi connectivity index (χ3v) is 5.18. The average Bonchev–Trinajstić information content (AvgIpc) is 2.55. The minimum atomic E-state index is -2.13. The predicted octanol–water partition coefficient (Wildman–Crippen LogP) is 3.93. The molecule has 1 aromatic rings. The third-order valence-electron chi connectivity index (χ3n) is 4.53. The molecule has 146 valence electrons. The van der Waals surface area contributed by atoms with Gasteiger partial charge in [-0.2, -0.15) is 4.36 Å². The lowest BCUT2D eigenvalue weighted by Crippen LogP contribution is -2.29. The molecular weight excluding hydrogens is 348 g/mol. The van der Waals surface area contributed by atoms with Gasteiger partial charge in [0, 0.05) is 42.3 Å². The number of nitrogens with one attached hydrogen (secondary N) is 1. The lowest BCUT2D eigenvalue weighted by atomic mass is 9.95. The zero-order valence-electron chi connectivity index (χ0n) is 16.4. The number of aryl methyl sites for hydroxylation is 1. The van der Waals surface area contributed by atoms with Gasteiger partial charge in [-0.25, -0.2) is 4.21 Å². The Balaban J connectivity index is 1.80. The molecule has 1 aromatic carbocycles. The topological polar surface area (TPSA) is 59.9 Å². The minimum absolute atomic E-state index is 0.212. The van der Waals surface area contributed by atoms with Crippen LogP contribution < -0.4 is 5.32 Å². The Morgan fingerprint density at radius 1 is 1.35 bits per heavy atom. The Labute approximate surface area is 158 Å². The molecule has 2 atom stereocenters. The summed E-state index contributed by atoms with van der Waals surface area (Å²) < 4.78 is 27.5. The summed E-state index contributed by atoms with van der Waals surface area (Å²) in [4.78, 5) is 0. The Hall–Kier alpha value is -1.37. The second-order valence-corrected chi connectivity index (χ2v) is 9.83. The zero-order chi connectivity index (χ0) is 19.2. The second-order valence-electron chi connectivity index (χ2n) is 7.29. The van der Waals surface area contributed by atoms with E-state index in [4.69, 9.17) is 9.47 Å². The van der Waals surface area contributed by atoms with E-state index in [1.54, 1.807) is 19.6 Å². The summed E-state index contributed by atoms with van der Waals surface area (Å²) in [5.74, 6) is 0.771. The fourth-order valence-electron chi connectivity index (χ4n) is 3.23. The Bertz CT molecular complexity index is 731. The molecular formula is C20H32N2O3S. The molecule has 26 heavy (non-hydrogen) atoms. The number of hydrogen-bond donors (Lipinski definition) is 1. The molecule has 6 heteroatoms. The SMILES string of the molecule is C=C(CNCc1ccc(N=S(C)(C)=O)cc1C)OC1CCCC(OC)C1. The fourth-order valence-corrected chi connectivity index (χ4v) is 3.85. The van der Waals surface area contributed by atoms with E-state index in [0.29, 0.717) is 12.6 Å². The highest BCUT2D eigenvalue weighted by atomic mass is 32.2. The van der Waals surface area contributed by atoms with Crippen molar-refractivity contribution in [1.29, 1.82) is 0 Å². The Morgan fingerprint density at radius 2 is 2.08 bits per heavy atom. The monoisotopic (exact) mass is 380 g/mol. The molecule has 1 N–H and O–H groups in total. The molecule has 0 aromatic heterocycles. The van der Waals surface area contributed by atoms with E-state index >= 15 is 0 Å². The van der Waals surface area contributed by atoms with E-state index < -0.39 is 9.73 Å². The van der Waals surface area contributed by atoms with Gasteiger partial charge in [-0.1, -0.05) is 12.6 Å². The van der Waals surface area contributed by atoms with Gasteiger partial charge in [0.1, 0.15) is 11.9 Å². The van der Waals surface area contributed by atoms with Crippen LogP contribution in [0.5, 0.6) is 0 Å². The molecule has 1 fully saturated rings. The van der Waals surface area contributed by atoms with Crippen molar-refractivity contribution in [3.63, 3.8) is 0 Å². The normalized spacial score (nSPS) is 20.6. The predicted molar refractivity (Wildman–Crippen MR) is 108 cm³/mol. The van der Waals surface area contributed by atoms with Crippen molar-refractivity contribution in [2.75, 3.05) is 26.2 Å². The number of nitrogens with zero attached hydrogens (tertiary/aromatic N) is 1. The van der Waals surface area contributed by atoms with Crippen LogP contribution in [0.3, 0.4) is 0 Å². The third kappa shape index (κ3) is 7.09. The van der Waals surface area contributed by atoms with Gasteiger partial charge >= 0.3 is 0 Å². The van der Waals surface area contributed by atoms with Crippen molar-refractivity contribution in [3.05, 3.63) is 41.7 Å². The minimum Gasteiger partial charge on any atom is -0.494 e. The number of ether oxygens (including phenoxy) is 2. The molecule has 5 nitrogen and oxygen atoms in total. The van der Waals surface area contributed by atoms with Crippen LogP contribution in [0, 0.1) is 6.92 Å². The van der Waals surface area contributed by atoms with Gasteiger partial charge in [0.05, 0.1) is 18.3 Å². The summed E-state index contributed by atoms with van der Waals surface area (Å²) in [6, 6.07) is 5.91. The molecule has 2 rings (SSSR count). The molecule has 1 aliphatic rings. The standard InChI is InChI=1S/C20H32N2O3S/c1-15-11-18(22-26(4,5)23)10-9-17(15)14-21-13-16(2)25-20-8-6-7-19(12-20)24-3/h9-11,19-21H,2,6-8,12-14H2,1,3-5H3. The van der Waals surface area contributed by atoms with Crippen LogP contribution in [0.1, 0.15) is 36.8 Å². The summed E-state index contributed by atoms with van der Waals surface area (Å²) in [7, 11) is -0.365. The fraction of sp³-hybridized carbons (Fsp3) is 0.600. The van der Waals surface area contributed by atoms with Gasteiger partial charge in [-0.3, -0.25) is 0 Å². The van der Waals surface area contributed by atoms with E-state index in [1.807, 2.05) is 25.1 Å². The number of benzene rings is 1. The highest BCUT2D eigenvalue weighted by Crippen LogP contribution is 2.24. The van der Waals surface area contributed by atoms with Gasteiger partial charge in [0.25, 0.3) is 0 Å². The van der Waals surface area contributed by atoms with Crippen LogP contribution in [0.15, 0.2) is 34.9 Å². The molecule has 0 radical (unpaired) electrons. The largest absolute Gasteiger partial charge is 0.494 e. The molecule has 0 spiro atoms. The van der Waals surface area contributed by atoms with E-state index in [1.165, 1.54) is 5.56 Å². The van der Waals surface area contributed by atoms with Crippen LogP contribution >= 0.6 is 0 Å². The van der Waals surface area contributed by atoms with Gasteiger partial charge in [-0.15, -0.1) is 0 Å². The van der Waals surface area contributed by atoms with Crippen LogP contribution in [0.4, 0.5) is 5.69 Å². The van der Waals surface area contributed by atoms with Crippen molar-refractivity contribution < 1.29 is 13.7 Å². The van der Waals surface area contributed by atoms with Gasteiger partial charge in [0.2, 0.25) is 0 Å². The zero-order valence-corrected chi connectivity index (χ0v) is 17.2. The van der Waals surface area contributed by atoms with E-state index in [0.717, 1.165) is 49.2 Å². The van der Waals surface area contributed by atoms with Crippen LogP contribution in [0.2, 0.25) is 0 Å². The number of rotatable bonds is 8. The molecule has 0 amide bonds. The highest BCUT2D eigenvalue weighted by molar-refractivity contribution is 7.92. The maximum atomic E-state index is 11.8. The maximum Gasteiger partial charge on any atom is 0.103 e. The van der Waals surface area contributed by atoms with Gasteiger partial charge < -0.3 is 14.8 Å². The molecule has 1 aliphatic carbocycles. The molecule has 0 saturated heterocycles. The van der Waals surface area contributed by atoms with Gasteiger partial charge in [-0.05, 0) is 49.4 Å². The van der Waals surface area contributed by atoms with Crippen LogP contribution in [0.25, 0.3) is 0 Å². The quantitative estimate of drug-likeness (QED) is 0.694. The van der Waals surface area contributed by atoms with Crippen molar-refractivity contribution in [3.8, 4) is 0 Å². The first-order chi connectivity index (χ1) is 12.3. The average molecular weight is 381 g/mol. The molecule has 0 heterocycles. The van der Waals surface area contributed by atoms with E-state index in [9.17, 15) is 4.21 Å². The lowest BCUT2D eigenvalue weighted by Gasteiger charge is -2.29. The molecule has 1 saturated carbocycles.